The second-order valence-corrected chi connectivity index (χ2v) is 4.73. The van der Waals surface area contributed by atoms with E-state index in [1.165, 1.54) is 0 Å². The number of hydrogen-bond donors (Lipinski definition) is 1. The summed E-state index contributed by atoms with van der Waals surface area (Å²) in [5.41, 5.74) is 1.39. The Morgan fingerprint density at radius 3 is 2.53 bits per heavy atom. The Morgan fingerprint density at radius 2 is 1.93 bits per heavy atom. The molecule has 78 valence electrons. The van der Waals surface area contributed by atoms with E-state index in [1.54, 1.807) is 11.3 Å². The van der Waals surface area contributed by atoms with E-state index < -0.39 is 5.60 Å². The Labute approximate surface area is 94.0 Å². The molecule has 1 aromatic heterocycles. The van der Waals surface area contributed by atoms with Crippen LogP contribution in [0.5, 0.6) is 0 Å². The van der Waals surface area contributed by atoms with Gasteiger partial charge >= 0.3 is 0 Å². The molecular weight excluding hydrogens is 204 g/mol. The summed E-state index contributed by atoms with van der Waals surface area (Å²) in [6, 6.07) is 12.1. The normalized spacial score (nSPS) is 14.8. The predicted octanol–water partition coefficient (Wildman–Crippen LogP) is 3.20. The van der Waals surface area contributed by atoms with Gasteiger partial charge in [-0.2, -0.15) is 11.3 Å². The van der Waals surface area contributed by atoms with Gasteiger partial charge in [0.15, 0.2) is 0 Å². The second-order valence-electron chi connectivity index (χ2n) is 3.95. The SMILES string of the molecule is CC(O)(Cc1ccccc1)c1ccsc1. The van der Waals surface area contributed by atoms with Crippen molar-refractivity contribution in [3.8, 4) is 0 Å². The van der Waals surface area contributed by atoms with Gasteiger partial charge in [0.1, 0.15) is 0 Å². The summed E-state index contributed by atoms with van der Waals surface area (Å²) in [7, 11) is 0. The lowest BCUT2D eigenvalue weighted by atomic mass is 9.91. The van der Waals surface area contributed by atoms with Crippen LogP contribution in [0.25, 0.3) is 0 Å². The minimum Gasteiger partial charge on any atom is -0.385 e. The zero-order valence-electron chi connectivity index (χ0n) is 8.68. The lowest BCUT2D eigenvalue weighted by Gasteiger charge is -2.22. The van der Waals surface area contributed by atoms with E-state index >= 15 is 0 Å². The zero-order valence-corrected chi connectivity index (χ0v) is 9.50. The van der Waals surface area contributed by atoms with Gasteiger partial charge in [-0.15, -0.1) is 0 Å². The molecule has 1 unspecified atom stereocenters. The van der Waals surface area contributed by atoms with Crippen molar-refractivity contribution in [3.63, 3.8) is 0 Å². The van der Waals surface area contributed by atoms with Crippen LogP contribution in [0.4, 0.5) is 0 Å². The van der Waals surface area contributed by atoms with Gasteiger partial charge < -0.3 is 5.11 Å². The smallest absolute Gasteiger partial charge is 0.0916 e. The Hall–Kier alpha value is -1.12. The van der Waals surface area contributed by atoms with Crippen LogP contribution in [0.3, 0.4) is 0 Å². The summed E-state index contributed by atoms with van der Waals surface area (Å²) in [6.07, 6.45) is 0.657. The monoisotopic (exact) mass is 218 g/mol. The summed E-state index contributed by atoms with van der Waals surface area (Å²) in [4.78, 5) is 0. The van der Waals surface area contributed by atoms with Crippen molar-refractivity contribution < 1.29 is 5.11 Å². The molecule has 1 heterocycles. The highest BCUT2D eigenvalue weighted by atomic mass is 32.1. The van der Waals surface area contributed by atoms with Crippen LogP contribution < -0.4 is 0 Å². The molecule has 0 aliphatic heterocycles. The standard InChI is InChI=1S/C13H14OS/c1-13(14,12-7-8-15-10-12)9-11-5-3-2-4-6-11/h2-8,10,14H,9H2,1H3. The topological polar surface area (TPSA) is 20.2 Å². The summed E-state index contributed by atoms with van der Waals surface area (Å²) in [5.74, 6) is 0. The lowest BCUT2D eigenvalue weighted by molar-refractivity contribution is 0.0581. The van der Waals surface area contributed by atoms with E-state index in [4.69, 9.17) is 0 Å². The Kier molecular flexibility index (Phi) is 2.89. The van der Waals surface area contributed by atoms with Crippen molar-refractivity contribution in [2.75, 3.05) is 0 Å². The molecule has 0 spiro atoms. The molecule has 0 aliphatic carbocycles. The van der Waals surface area contributed by atoms with Crippen LogP contribution in [0, 0.1) is 0 Å². The van der Waals surface area contributed by atoms with Gasteiger partial charge in [0.2, 0.25) is 0 Å². The van der Waals surface area contributed by atoms with Crippen molar-refractivity contribution in [3.05, 3.63) is 58.3 Å². The van der Waals surface area contributed by atoms with Crippen molar-refractivity contribution >= 4 is 11.3 Å². The molecule has 0 fully saturated rings. The highest BCUT2D eigenvalue weighted by Gasteiger charge is 2.23. The van der Waals surface area contributed by atoms with Gasteiger partial charge in [0, 0.05) is 6.42 Å². The summed E-state index contributed by atoms with van der Waals surface area (Å²) < 4.78 is 0. The molecule has 1 atom stereocenters. The molecule has 0 bridgehead atoms. The first kappa shape index (κ1) is 10.4. The van der Waals surface area contributed by atoms with Crippen molar-refractivity contribution in [1.29, 1.82) is 0 Å². The van der Waals surface area contributed by atoms with E-state index in [-0.39, 0.29) is 0 Å². The average Bonchev–Trinajstić information content (AvgIpc) is 2.71. The first-order valence-electron chi connectivity index (χ1n) is 4.97. The molecule has 15 heavy (non-hydrogen) atoms. The molecule has 0 saturated heterocycles. The predicted molar refractivity (Wildman–Crippen MR) is 64.0 cm³/mol. The maximum Gasteiger partial charge on any atom is 0.0916 e. The quantitative estimate of drug-likeness (QED) is 0.838. The number of benzene rings is 1. The van der Waals surface area contributed by atoms with Crippen molar-refractivity contribution in [2.45, 2.75) is 18.9 Å². The molecule has 0 aliphatic rings. The maximum absolute atomic E-state index is 10.3. The molecule has 2 heteroatoms. The van der Waals surface area contributed by atoms with E-state index in [0.29, 0.717) is 6.42 Å². The van der Waals surface area contributed by atoms with E-state index in [1.807, 2.05) is 54.1 Å². The Morgan fingerprint density at radius 1 is 1.20 bits per heavy atom. The highest BCUT2D eigenvalue weighted by molar-refractivity contribution is 7.08. The average molecular weight is 218 g/mol. The molecule has 2 rings (SSSR count). The first-order chi connectivity index (χ1) is 7.18. The molecule has 1 nitrogen and oxygen atoms in total. The fourth-order valence-electron chi connectivity index (χ4n) is 1.67. The van der Waals surface area contributed by atoms with Crippen LogP contribution >= 0.6 is 11.3 Å². The highest BCUT2D eigenvalue weighted by Crippen LogP contribution is 2.26. The third-order valence-electron chi connectivity index (χ3n) is 2.53. The number of hydrogen-bond acceptors (Lipinski definition) is 2. The van der Waals surface area contributed by atoms with Gasteiger partial charge in [-0.25, -0.2) is 0 Å². The van der Waals surface area contributed by atoms with Gasteiger partial charge in [-0.3, -0.25) is 0 Å². The van der Waals surface area contributed by atoms with Crippen LogP contribution in [-0.2, 0) is 12.0 Å². The fourth-order valence-corrected chi connectivity index (χ4v) is 2.45. The van der Waals surface area contributed by atoms with Gasteiger partial charge in [-0.05, 0) is 34.9 Å². The summed E-state index contributed by atoms with van der Waals surface area (Å²) in [5, 5.41) is 14.3. The maximum atomic E-state index is 10.3. The molecule has 1 aromatic carbocycles. The number of aliphatic hydroxyl groups is 1. The third-order valence-corrected chi connectivity index (χ3v) is 3.22. The minimum absolute atomic E-state index is 0.657. The number of thiophene rings is 1. The van der Waals surface area contributed by atoms with Crippen molar-refractivity contribution in [1.82, 2.24) is 0 Å². The van der Waals surface area contributed by atoms with Gasteiger partial charge in [0.05, 0.1) is 5.60 Å². The lowest BCUT2D eigenvalue weighted by Crippen LogP contribution is -2.23. The van der Waals surface area contributed by atoms with Gasteiger partial charge in [-0.1, -0.05) is 30.3 Å². The molecule has 1 N–H and O–H groups in total. The summed E-state index contributed by atoms with van der Waals surface area (Å²) in [6.45, 7) is 1.86. The molecule has 0 radical (unpaired) electrons. The zero-order chi connectivity index (χ0) is 10.7. The van der Waals surface area contributed by atoms with Crippen molar-refractivity contribution in [2.24, 2.45) is 0 Å². The minimum atomic E-state index is -0.763. The van der Waals surface area contributed by atoms with Gasteiger partial charge in [0.25, 0.3) is 0 Å². The molecule has 0 saturated carbocycles. The van der Waals surface area contributed by atoms with Crippen LogP contribution in [-0.4, -0.2) is 5.11 Å². The Bertz CT molecular complexity index is 403. The molecular formula is C13H14OS. The largest absolute Gasteiger partial charge is 0.385 e. The number of rotatable bonds is 3. The summed E-state index contributed by atoms with van der Waals surface area (Å²) >= 11 is 1.62. The van der Waals surface area contributed by atoms with E-state index in [2.05, 4.69) is 0 Å². The molecule has 0 amide bonds. The first-order valence-corrected chi connectivity index (χ1v) is 5.92. The van der Waals surface area contributed by atoms with Crippen LogP contribution in [0.15, 0.2) is 47.2 Å². The second kappa shape index (κ2) is 4.17. The molecule has 2 aromatic rings. The Balaban J connectivity index is 2.18. The van der Waals surface area contributed by atoms with Crippen LogP contribution in [0.2, 0.25) is 0 Å². The van der Waals surface area contributed by atoms with E-state index in [0.717, 1.165) is 11.1 Å². The van der Waals surface area contributed by atoms with E-state index in [9.17, 15) is 5.11 Å². The fraction of sp³-hybridized carbons (Fsp3) is 0.231. The third kappa shape index (κ3) is 2.46. The van der Waals surface area contributed by atoms with Crippen LogP contribution in [0.1, 0.15) is 18.1 Å².